The van der Waals surface area contributed by atoms with Crippen LogP contribution in [0.4, 0.5) is 0 Å². The van der Waals surface area contributed by atoms with Gasteiger partial charge >= 0.3 is 11.9 Å². The molecule has 8 heteroatoms. The number of aliphatic carboxylic acids is 1. The topological polar surface area (TPSA) is 110 Å². The molecule has 0 aromatic rings. The van der Waals surface area contributed by atoms with Crippen molar-refractivity contribution in [2.75, 3.05) is 19.4 Å². The largest absolute Gasteiger partial charge is 0.480 e. The molecule has 98 valence electrons. The Morgan fingerprint density at radius 3 is 2.41 bits per heavy atom. The zero-order valence-corrected chi connectivity index (χ0v) is 10.2. The molecule has 0 aromatic heterocycles. The first-order valence-corrected chi connectivity index (χ1v) is 6.70. The molecule has 1 aliphatic carbocycles. The second-order valence-electron chi connectivity index (χ2n) is 4.23. The molecule has 0 radical (unpaired) electrons. The first-order valence-electron chi connectivity index (χ1n) is 5.05. The number of carbonyl (C=O) groups is 2. The number of carboxylic acid groups (broad SMARTS) is 1. The highest BCUT2D eigenvalue weighted by atomic mass is 32.2. The number of carboxylic acids is 1. The fourth-order valence-corrected chi connectivity index (χ4v) is 3.20. The van der Waals surface area contributed by atoms with Crippen LogP contribution in [0.1, 0.15) is 19.3 Å². The predicted octanol–water partition coefficient (Wildman–Crippen LogP) is -0.666. The zero-order valence-electron chi connectivity index (χ0n) is 9.43. The van der Waals surface area contributed by atoms with Crippen LogP contribution in [-0.4, -0.2) is 44.9 Å². The third kappa shape index (κ3) is 4.70. The van der Waals surface area contributed by atoms with Crippen molar-refractivity contribution in [3.8, 4) is 0 Å². The van der Waals surface area contributed by atoms with Gasteiger partial charge in [-0.15, -0.1) is 0 Å². The summed E-state index contributed by atoms with van der Waals surface area (Å²) in [6, 6.07) is 0. The summed E-state index contributed by atoms with van der Waals surface area (Å²) in [5.74, 6) is -1.93. The summed E-state index contributed by atoms with van der Waals surface area (Å²) in [5, 5.41) is 8.37. The molecule has 2 N–H and O–H groups in total. The van der Waals surface area contributed by atoms with Crippen molar-refractivity contribution in [1.29, 1.82) is 0 Å². The van der Waals surface area contributed by atoms with Gasteiger partial charge < -0.3 is 9.84 Å². The summed E-state index contributed by atoms with van der Waals surface area (Å²) in [6.45, 7) is -0.642. The summed E-state index contributed by atoms with van der Waals surface area (Å²) in [5.41, 5.74) is -0.572. The second kappa shape index (κ2) is 5.01. The van der Waals surface area contributed by atoms with Crippen LogP contribution in [0.25, 0.3) is 0 Å². The van der Waals surface area contributed by atoms with E-state index in [9.17, 15) is 18.0 Å². The Morgan fingerprint density at radius 2 is 2.00 bits per heavy atom. The highest BCUT2D eigenvalue weighted by molar-refractivity contribution is 7.89. The van der Waals surface area contributed by atoms with E-state index in [0.29, 0.717) is 12.8 Å². The average molecular weight is 265 g/mol. The van der Waals surface area contributed by atoms with Gasteiger partial charge in [0.05, 0.1) is 19.3 Å². The van der Waals surface area contributed by atoms with E-state index in [4.69, 9.17) is 5.11 Å². The smallest absolute Gasteiger partial charge is 0.318 e. The van der Waals surface area contributed by atoms with E-state index in [-0.39, 0.29) is 12.2 Å². The Hall–Kier alpha value is -1.15. The first kappa shape index (κ1) is 13.9. The average Bonchev–Trinajstić information content (AvgIpc) is 2.94. The minimum atomic E-state index is -3.66. The molecule has 7 nitrogen and oxygen atoms in total. The van der Waals surface area contributed by atoms with Crippen molar-refractivity contribution in [2.24, 2.45) is 5.41 Å². The molecule has 0 aliphatic heterocycles. The normalized spacial score (nSPS) is 17.5. The van der Waals surface area contributed by atoms with Crippen molar-refractivity contribution < 1.29 is 27.9 Å². The minimum absolute atomic E-state index is 0.0531. The van der Waals surface area contributed by atoms with E-state index in [1.807, 2.05) is 4.72 Å². The maximum atomic E-state index is 11.5. The van der Waals surface area contributed by atoms with Crippen LogP contribution in [0.3, 0.4) is 0 Å². The van der Waals surface area contributed by atoms with Gasteiger partial charge in [-0.2, -0.15) is 0 Å². The van der Waals surface area contributed by atoms with Crippen molar-refractivity contribution in [3.63, 3.8) is 0 Å². The Kier molecular flexibility index (Phi) is 4.10. The van der Waals surface area contributed by atoms with E-state index < -0.39 is 33.9 Å². The lowest BCUT2D eigenvalue weighted by molar-refractivity contribution is -0.142. The predicted molar refractivity (Wildman–Crippen MR) is 57.7 cm³/mol. The van der Waals surface area contributed by atoms with Crippen LogP contribution < -0.4 is 4.72 Å². The fraction of sp³-hybridized carbons (Fsp3) is 0.778. The van der Waals surface area contributed by atoms with Gasteiger partial charge in [0, 0.05) is 0 Å². The van der Waals surface area contributed by atoms with Gasteiger partial charge in [-0.25, -0.2) is 13.1 Å². The van der Waals surface area contributed by atoms with Crippen LogP contribution in [0.2, 0.25) is 0 Å². The molecule has 1 saturated carbocycles. The summed E-state index contributed by atoms with van der Waals surface area (Å²) < 4.78 is 29.5. The van der Waals surface area contributed by atoms with Crippen LogP contribution in [0, 0.1) is 5.41 Å². The maximum Gasteiger partial charge on any atom is 0.318 e. The van der Waals surface area contributed by atoms with Crippen molar-refractivity contribution in [3.05, 3.63) is 0 Å². The Balaban J connectivity index is 2.52. The van der Waals surface area contributed by atoms with E-state index >= 15 is 0 Å². The molecular weight excluding hydrogens is 250 g/mol. The summed E-state index contributed by atoms with van der Waals surface area (Å²) in [4.78, 5) is 21.3. The summed E-state index contributed by atoms with van der Waals surface area (Å²) in [7, 11) is -2.42. The number of rotatable bonds is 7. The van der Waals surface area contributed by atoms with Gasteiger partial charge in [0.25, 0.3) is 0 Å². The lowest BCUT2D eigenvalue weighted by Crippen LogP contribution is -2.35. The molecule has 0 bridgehead atoms. The number of esters is 1. The molecule has 1 rings (SSSR count). The number of sulfonamides is 1. The highest BCUT2D eigenvalue weighted by Gasteiger charge is 2.47. The number of hydrogen-bond donors (Lipinski definition) is 2. The Bertz CT molecular complexity index is 411. The molecule has 0 amide bonds. The zero-order chi connectivity index (χ0) is 13.1. The molecule has 0 saturated heterocycles. The Morgan fingerprint density at radius 1 is 1.41 bits per heavy atom. The van der Waals surface area contributed by atoms with Gasteiger partial charge in [0.2, 0.25) is 10.0 Å². The highest BCUT2D eigenvalue weighted by Crippen LogP contribution is 2.49. The monoisotopic (exact) mass is 265 g/mol. The molecule has 0 aromatic carbocycles. The standard InChI is InChI=1S/C9H15NO6S/c1-16-8(13)4-9(2-3-9)6-17(14,15)10-5-7(11)12/h10H,2-6H2,1H3,(H,11,12). The molecule has 0 heterocycles. The molecule has 1 fully saturated rings. The third-order valence-electron chi connectivity index (χ3n) is 2.64. The Labute approximate surface area is 99.2 Å². The third-order valence-corrected chi connectivity index (χ3v) is 4.22. The van der Waals surface area contributed by atoms with Crippen molar-refractivity contribution in [1.82, 2.24) is 4.72 Å². The van der Waals surface area contributed by atoms with E-state index in [2.05, 4.69) is 4.74 Å². The van der Waals surface area contributed by atoms with Crippen LogP contribution >= 0.6 is 0 Å². The summed E-state index contributed by atoms with van der Waals surface area (Å²) in [6.07, 6.45) is 1.32. The van der Waals surface area contributed by atoms with E-state index in [1.165, 1.54) is 7.11 Å². The minimum Gasteiger partial charge on any atom is -0.480 e. The number of carbonyl (C=O) groups excluding carboxylic acids is 1. The van der Waals surface area contributed by atoms with Gasteiger partial charge in [0.1, 0.15) is 6.54 Å². The number of hydrogen-bond acceptors (Lipinski definition) is 5. The van der Waals surface area contributed by atoms with Gasteiger partial charge in [0.15, 0.2) is 0 Å². The van der Waals surface area contributed by atoms with Crippen molar-refractivity contribution >= 4 is 22.0 Å². The SMILES string of the molecule is COC(=O)CC1(CS(=O)(=O)NCC(=O)O)CC1. The fourth-order valence-electron chi connectivity index (χ4n) is 1.55. The molecule has 1 aliphatic rings. The molecule has 17 heavy (non-hydrogen) atoms. The quantitative estimate of drug-likeness (QED) is 0.591. The number of methoxy groups -OCH3 is 1. The van der Waals surface area contributed by atoms with Gasteiger partial charge in [-0.05, 0) is 18.3 Å². The van der Waals surface area contributed by atoms with Crippen LogP contribution in [-0.2, 0) is 24.3 Å². The molecule has 0 atom stereocenters. The van der Waals surface area contributed by atoms with Gasteiger partial charge in [-0.3, -0.25) is 9.59 Å². The first-order chi connectivity index (χ1) is 7.79. The molecular formula is C9H15NO6S. The lowest BCUT2D eigenvalue weighted by Gasteiger charge is -2.13. The van der Waals surface area contributed by atoms with E-state index in [0.717, 1.165) is 0 Å². The maximum absolute atomic E-state index is 11.5. The van der Waals surface area contributed by atoms with Gasteiger partial charge in [-0.1, -0.05) is 0 Å². The van der Waals surface area contributed by atoms with Crippen molar-refractivity contribution in [2.45, 2.75) is 19.3 Å². The second-order valence-corrected chi connectivity index (χ2v) is 6.03. The van der Waals surface area contributed by atoms with E-state index in [1.54, 1.807) is 0 Å². The molecule has 0 spiro atoms. The number of nitrogens with one attached hydrogen (secondary N) is 1. The van der Waals surface area contributed by atoms with Crippen LogP contribution in [0.5, 0.6) is 0 Å². The van der Waals surface area contributed by atoms with Crippen LogP contribution in [0.15, 0.2) is 0 Å². The lowest BCUT2D eigenvalue weighted by atomic mass is 10.1. The molecule has 0 unspecified atom stereocenters. The number of ether oxygens (including phenoxy) is 1. The summed E-state index contributed by atoms with van der Waals surface area (Å²) >= 11 is 0.